The number of rotatable bonds is 9. The van der Waals surface area contributed by atoms with Crippen LogP contribution in [0, 0.1) is 22.2 Å². The fourth-order valence-corrected chi connectivity index (χ4v) is 9.48. The van der Waals surface area contributed by atoms with Gasteiger partial charge in [-0.15, -0.1) is 0 Å². The molecule has 1 aliphatic carbocycles. The molecule has 1 saturated heterocycles. The van der Waals surface area contributed by atoms with E-state index in [9.17, 15) is 10.1 Å². The van der Waals surface area contributed by atoms with E-state index in [-0.39, 0.29) is 35.0 Å². The second kappa shape index (κ2) is 19.1. The van der Waals surface area contributed by atoms with Crippen LogP contribution in [-0.4, -0.2) is 88.4 Å². The largest absolute Gasteiger partial charge is 0.493 e. The number of halogens is 1. The third-order valence-electron chi connectivity index (χ3n) is 12.3. The standard InChI is InChI=1S/C49H54ClN9O4/c1-48(2)44(49(3,4)45(48)63-40-15-14-35(29-51)41(50)28-40)57-43(60)36-30-53-47(54-31-36)59-21-17-38(18-22-59)62-25-23-58-20-6-5-7-24-61-39-13-9-11-34(27-39)42-16-19-52-46(56-42)55-37-12-8-10-33(26-37)32-58/h5-6,8-16,19,26-28,30-31,38,44-45H,7,17-18,20-25,32H2,1-4H3,(H,57,60)(H,52,55,56)/b6-5+. The molecule has 326 valence electrons. The number of nitrogens with zero attached hydrogens (tertiary/aromatic N) is 7. The summed E-state index contributed by atoms with van der Waals surface area (Å²) in [4.78, 5) is 36.5. The van der Waals surface area contributed by atoms with Crippen molar-refractivity contribution in [3.05, 3.63) is 125 Å². The minimum absolute atomic E-state index is 0.136. The van der Waals surface area contributed by atoms with Gasteiger partial charge in [-0.2, -0.15) is 5.26 Å². The third-order valence-corrected chi connectivity index (χ3v) is 12.6. The minimum atomic E-state index is -0.385. The van der Waals surface area contributed by atoms with Gasteiger partial charge in [0.25, 0.3) is 5.91 Å². The first-order valence-electron chi connectivity index (χ1n) is 21.6. The van der Waals surface area contributed by atoms with Crippen LogP contribution in [0.15, 0.2) is 104 Å². The van der Waals surface area contributed by atoms with Crippen LogP contribution in [0.2, 0.25) is 5.02 Å². The van der Waals surface area contributed by atoms with E-state index in [4.69, 9.17) is 30.8 Å². The van der Waals surface area contributed by atoms with E-state index in [1.165, 1.54) is 5.56 Å². The summed E-state index contributed by atoms with van der Waals surface area (Å²) in [5, 5.41) is 16.2. The molecule has 0 spiro atoms. The molecular formula is C49H54ClN9O4. The first kappa shape index (κ1) is 43.6. The highest BCUT2D eigenvalue weighted by Gasteiger charge is 2.64. The summed E-state index contributed by atoms with van der Waals surface area (Å²) in [5.74, 6) is 2.32. The molecule has 0 atom stereocenters. The predicted octanol–water partition coefficient (Wildman–Crippen LogP) is 8.64. The Bertz CT molecular complexity index is 2450. The summed E-state index contributed by atoms with van der Waals surface area (Å²) in [5.41, 5.74) is 3.94. The number of nitriles is 1. The van der Waals surface area contributed by atoms with Crippen molar-refractivity contribution in [2.45, 2.75) is 71.8 Å². The molecule has 14 heteroatoms. The van der Waals surface area contributed by atoms with E-state index in [1.54, 1.807) is 36.8 Å². The van der Waals surface area contributed by atoms with Crippen LogP contribution in [0.1, 0.15) is 68.4 Å². The zero-order chi connectivity index (χ0) is 44.0. The number of aromatic nitrogens is 4. The Kier molecular flexibility index (Phi) is 13.2. The molecule has 5 aromatic rings. The maximum atomic E-state index is 13.5. The highest BCUT2D eigenvalue weighted by atomic mass is 35.5. The molecule has 2 N–H and O–H groups in total. The highest BCUT2D eigenvalue weighted by Crippen LogP contribution is 2.55. The van der Waals surface area contributed by atoms with Crippen LogP contribution in [0.3, 0.4) is 0 Å². The van der Waals surface area contributed by atoms with Crippen LogP contribution in [-0.2, 0) is 11.3 Å². The SMILES string of the molecule is CC1(C)C(NC(=O)c2cnc(N3CCC(OCCN4C/C=C/CCOc5cccc(c5)-c5ccnc(n5)Nc5cccc(c5)C4)CC3)nc2)C(C)(C)C1Oc1ccc(C#N)c(Cl)c1. The van der Waals surface area contributed by atoms with Crippen molar-refractivity contribution in [1.29, 1.82) is 5.26 Å². The molecule has 2 aromatic heterocycles. The number of benzene rings is 3. The number of amides is 1. The van der Waals surface area contributed by atoms with Gasteiger partial charge in [-0.1, -0.05) is 75.7 Å². The Labute approximate surface area is 374 Å². The van der Waals surface area contributed by atoms with Gasteiger partial charge in [-0.05, 0) is 67.3 Å². The van der Waals surface area contributed by atoms with Gasteiger partial charge in [0.05, 0.1) is 41.2 Å². The molecule has 0 radical (unpaired) electrons. The van der Waals surface area contributed by atoms with Crippen LogP contribution in [0.5, 0.6) is 11.5 Å². The summed E-state index contributed by atoms with van der Waals surface area (Å²) in [7, 11) is 0. The number of carbonyl (C=O) groups is 1. The van der Waals surface area contributed by atoms with Crippen molar-refractivity contribution in [1.82, 2.24) is 30.2 Å². The Morgan fingerprint density at radius 3 is 2.56 bits per heavy atom. The quantitative estimate of drug-likeness (QED) is 0.137. The molecule has 4 heterocycles. The molecule has 3 aromatic carbocycles. The van der Waals surface area contributed by atoms with Gasteiger partial charge in [0.1, 0.15) is 23.7 Å². The lowest BCUT2D eigenvalue weighted by Gasteiger charge is -2.63. The maximum Gasteiger partial charge on any atom is 0.254 e. The molecule has 1 amide bonds. The van der Waals surface area contributed by atoms with Crippen molar-refractivity contribution >= 4 is 35.1 Å². The van der Waals surface area contributed by atoms with E-state index >= 15 is 0 Å². The van der Waals surface area contributed by atoms with Gasteiger partial charge in [-0.25, -0.2) is 19.9 Å². The second-order valence-corrected chi connectivity index (χ2v) is 18.0. The summed E-state index contributed by atoms with van der Waals surface area (Å²) in [6, 6.07) is 25.3. The Morgan fingerprint density at radius 2 is 1.78 bits per heavy atom. The Morgan fingerprint density at radius 1 is 0.984 bits per heavy atom. The molecular weight excluding hydrogens is 814 g/mol. The molecule has 13 nitrogen and oxygen atoms in total. The van der Waals surface area contributed by atoms with Crippen LogP contribution in [0.4, 0.5) is 17.6 Å². The van der Waals surface area contributed by atoms with Crippen LogP contribution >= 0.6 is 11.6 Å². The van der Waals surface area contributed by atoms with Crippen LogP contribution < -0.4 is 25.0 Å². The number of fused-ring (bicyclic) bond motifs is 7. The fourth-order valence-electron chi connectivity index (χ4n) is 9.26. The summed E-state index contributed by atoms with van der Waals surface area (Å²) in [6.07, 6.45) is 11.8. The highest BCUT2D eigenvalue weighted by molar-refractivity contribution is 6.31. The van der Waals surface area contributed by atoms with E-state index in [0.29, 0.717) is 47.0 Å². The van der Waals surface area contributed by atoms with Crippen molar-refractivity contribution in [3.8, 4) is 28.8 Å². The zero-order valence-electron chi connectivity index (χ0n) is 36.3. The van der Waals surface area contributed by atoms with E-state index < -0.39 is 0 Å². The van der Waals surface area contributed by atoms with Gasteiger partial charge < -0.3 is 29.7 Å². The van der Waals surface area contributed by atoms with E-state index in [0.717, 1.165) is 74.7 Å². The number of hydrogen-bond donors (Lipinski definition) is 2. The number of anilines is 3. The smallest absolute Gasteiger partial charge is 0.254 e. The second-order valence-electron chi connectivity index (χ2n) is 17.6. The van der Waals surface area contributed by atoms with Gasteiger partial charge in [0, 0.05) is 85.5 Å². The molecule has 63 heavy (non-hydrogen) atoms. The van der Waals surface area contributed by atoms with Gasteiger partial charge in [-0.3, -0.25) is 9.69 Å². The van der Waals surface area contributed by atoms with Gasteiger partial charge >= 0.3 is 0 Å². The van der Waals surface area contributed by atoms with Crippen LogP contribution in [0.25, 0.3) is 11.3 Å². The number of nitrogens with one attached hydrogen (secondary N) is 2. The summed E-state index contributed by atoms with van der Waals surface area (Å²) in [6.45, 7) is 13.3. The molecule has 1 saturated carbocycles. The molecule has 0 unspecified atom stereocenters. The fraction of sp³-hybridized carbons (Fsp3) is 0.388. The predicted molar refractivity (Wildman–Crippen MR) is 244 cm³/mol. The molecule has 2 aliphatic heterocycles. The number of hydrogen-bond acceptors (Lipinski definition) is 12. The van der Waals surface area contributed by atoms with Crippen molar-refractivity contribution < 1.29 is 19.0 Å². The van der Waals surface area contributed by atoms with Crippen molar-refractivity contribution in [2.75, 3.05) is 49.6 Å². The summed E-state index contributed by atoms with van der Waals surface area (Å²) < 4.78 is 18.9. The first-order chi connectivity index (χ1) is 30.5. The molecule has 6 bridgehead atoms. The monoisotopic (exact) mass is 867 g/mol. The Balaban J connectivity index is 0.817. The zero-order valence-corrected chi connectivity index (χ0v) is 37.0. The lowest BCUT2D eigenvalue weighted by Crippen LogP contribution is -2.74. The molecule has 8 rings (SSSR count). The average Bonchev–Trinajstić information content (AvgIpc) is 3.28. The molecule has 3 aliphatic rings. The summed E-state index contributed by atoms with van der Waals surface area (Å²) >= 11 is 6.26. The third kappa shape index (κ3) is 10.3. The van der Waals surface area contributed by atoms with Gasteiger partial charge in [0.15, 0.2) is 0 Å². The minimum Gasteiger partial charge on any atom is -0.493 e. The lowest BCUT2D eigenvalue weighted by molar-refractivity contribution is -0.164. The van der Waals surface area contributed by atoms with Crippen molar-refractivity contribution in [2.24, 2.45) is 10.8 Å². The van der Waals surface area contributed by atoms with E-state index in [1.807, 2.05) is 36.4 Å². The number of piperidine rings is 1. The normalized spacial score (nSPS) is 20.3. The first-order valence-corrected chi connectivity index (χ1v) is 22.0. The number of carbonyl (C=O) groups excluding carboxylic acids is 1. The average molecular weight is 868 g/mol. The van der Waals surface area contributed by atoms with Crippen molar-refractivity contribution in [3.63, 3.8) is 0 Å². The topological polar surface area (TPSA) is 151 Å². The molecule has 2 fully saturated rings. The van der Waals surface area contributed by atoms with Gasteiger partial charge in [0.2, 0.25) is 11.9 Å². The Hall–Kier alpha value is -6.07. The van der Waals surface area contributed by atoms with E-state index in [2.05, 4.69) is 99.5 Å². The number of ether oxygens (including phenoxy) is 3. The maximum absolute atomic E-state index is 13.5. The lowest BCUT2D eigenvalue weighted by atomic mass is 9.49.